The van der Waals surface area contributed by atoms with Crippen molar-refractivity contribution >= 4 is 16.6 Å². The van der Waals surface area contributed by atoms with Crippen LogP contribution in [-0.4, -0.2) is 19.6 Å². The molecule has 7 aromatic carbocycles. The number of fused-ring (bicyclic) bond motifs is 6. The molecule has 0 saturated carbocycles. The summed E-state index contributed by atoms with van der Waals surface area (Å²) in [6, 6.07) is 56.9. The number of pyridine rings is 1. The number of phenolic OH excluding ortho intramolecular Hbond substituents is 1. The van der Waals surface area contributed by atoms with Gasteiger partial charge in [-0.15, -0.1) is 29.3 Å². The van der Waals surface area contributed by atoms with E-state index in [0.717, 1.165) is 72.7 Å². The molecule has 4 nitrogen and oxygen atoms in total. The van der Waals surface area contributed by atoms with Gasteiger partial charge in [-0.1, -0.05) is 217 Å². The van der Waals surface area contributed by atoms with Gasteiger partial charge in [-0.2, -0.15) is 0 Å². The Labute approximate surface area is 460 Å². The summed E-state index contributed by atoms with van der Waals surface area (Å²) in [6.07, 6.45) is 1.92. The second-order valence-corrected chi connectivity index (χ2v) is 24.8. The van der Waals surface area contributed by atoms with Crippen LogP contribution in [0.15, 0.2) is 157 Å². The van der Waals surface area contributed by atoms with Crippen LogP contribution in [0.3, 0.4) is 0 Å². The number of hydrogen-bond donors (Lipinski definition) is 1. The number of allylic oxidation sites excluding steroid dienone is 1. The third-order valence-corrected chi connectivity index (χ3v) is 16.2. The van der Waals surface area contributed by atoms with Crippen molar-refractivity contribution in [3.8, 4) is 67.5 Å². The predicted octanol–water partition coefficient (Wildman–Crippen LogP) is 18.5. The Hall–Kier alpha value is -6.61. The van der Waals surface area contributed by atoms with Crippen molar-refractivity contribution in [3.05, 3.63) is 208 Å². The maximum Gasteiger partial charge on any atom is 0.149 e. The van der Waals surface area contributed by atoms with Crippen LogP contribution in [0, 0.1) is 6.07 Å². The molecule has 75 heavy (non-hydrogen) atoms. The molecule has 5 heteroatoms. The van der Waals surface area contributed by atoms with Crippen molar-refractivity contribution in [2.75, 3.05) is 0 Å². The fourth-order valence-corrected chi connectivity index (χ4v) is 12.4. The first-order valence-corrected chi connectivity index (χ1v) is 26.7. The van der Waals surface area contributed by atoms with Crippen molar-refractivity contribution in [1.82, 2.24) is 14.5 Å². The van der Waals surface area contributed by atoms with E-state index in [-0.39, 0.29) is 60.3 Å². The maximum absolute atomic E-state index is 12.9. The zero-order valence-electron chi connectivity index (χ0n) is 46.2. The second-order valence-electron chi connectivity index (χ2n) is 24.8. The normalized spacial score (nSPS) is 14.6. The van der Waals surface area contributed by atoms with Crippen LogP contribution >= 0.6 is 0 Å². The Bertz CT molecular complexity index is 3700. The molecule has 0 fully saturated rings. The van der Waals surface area contributed by atoms with Gasteiger partial charge in [-0.3, -0.25) is 9.55 Å². The summed E-state index contributed by atoms with van der Waals surface area (Å²) in [6.45, 7) is 32.2. The average molecular weight is 1160 g/mol. The van der Waals surface area contributed by atoms with E-state index in [1.807, 2.05) is 6.20 Å². The van der Waals surface area contributed by atoms with Gasteiger partial charge in [-0.25, -0.2) is 4.98 Å². The summed E-state index contributed by atoms with van der Waals surface area (Å²) in [4.78, 5) is 10.9. The van der Waals surface area contributed by atoms with Gasteiger partial charge in [0.15, 0.2) is 0 Å². The predicted molar refractivity (Wildman–Crippen MR) is 311 cm³/mol. The molecule has 0 bridgehead atoms. The van der Waals surface area contributed by atoms with Crippen molar-refractivity contribution in [3.63, 3.8) is 0 Å². The molecule has 0 aliphatic heterocycles. The molecule has 382 valence electrons. The minimum atomic E-state index is -0.339. The fraction of sp³-hybridized carbons (Fsp3) is 0.286. The van der Waals surface area contributed by atoms with E-state index in [2.05, 4.69) is 253 Å². The van der Waals surface area contributed by atoms with E-state index in [1.54, 1.807) is 0 Å². The van der Waals surface area contributed by atoms with E-state index < -0.39 is 0 Å². The smallest absolute Gasteiger partial charge is 0.149 e. The first kappa shape index (κ1) is 51.9. The van der Waals surface area contributed by atoms with Crippen LogP contribution < -0.4 is 0 Å². The summed E-state index contributed by atoms with van der Waals surface area (Å²) in [5.41, 5.74) is 23.6. The molecule has 2 aromatic heterocycles. The minimum absolute atomic E-state index is 0. The number of benzene rings is 7. The van der Waals surface area contributed by atoms with Crippen molar-refractivity contribution in [2.45, 2.75) is 130 Å². The summed E-state index contributed by atoms with van der Waals surface area (Å²) in [5, 5.41) is 12.9. The molecule has 11 rings (SSSR count). The van der Waals surface area contributed by atoms with Gasteiger partial charge in [-0.05, 0) is 120 Å². The van der Waals surface area contributed by atoms with E-state index in [1.165, 1.54) is 55.7 Å². The number of phenols is 1. The molecule has 0 radical (unpaired) electrons. The van der Waals surface area contributed by atoms with Crippen LogP contribution in [0.5, 0.6) is 5.75 Å². The van der Waals surface area contributed by atoms with Crippen LogP contribution in [-0.2, 0) is 42.7 Å². The molecule has 0 spiro atoms. The summed E-state index contributed by atoms with van der Waals surface area (Å²) >= 11 is 0. The Morgan fingerprint density at radius 3 is 1.69 bits per heavy atom. The van der Waals surface area contributed by atoms with Crippen molar-refractivity contribution < 1.29 is 26.2 Å². The number of rotatable bonds is 8. The van der Waals surface area contributed by atoms with E-state index in [9.17, 15) is 5.11 Å². The van der Waals surface area contributed by atoms with E-state index in [4.69, 9.17) is 9.97 Å². The number of imidazole rings is 1. The van der Waals surface area contributed by atoms with Gasteiger partial charge < -0.3 is 5.11 Å². The minimum Gasteiger partial charge on any atom is -0.507 e. The monoisotopic (exact) mass is 1160 g/mol. The number of aromatic hydroxyl groups is 1. The Balaban J connectivity index is 0.00000641. The topological polar surface area (TPSA) is 50.9 Å². The molecular formula is C70H70N3OPt-. The van der Waals surface area contributed by atoms with Gasteiger partial charge in [0.25, 0.3) is 0 Å². The van der Waals surface area contributed by atoms with Crippen molar-refractivity contribution in [1.29, 1.82) is 0 Å². The average Bonchev–Trinajstić information content (AvgIpc) is 4.07. The standard InChI is InChI=1S/C70H70N3O.Pt/c1-41(2)51-36-49(46-27-25-45(26-28-46)43-21-17-15-18-22-43)37-52(42(3)4)63(51)73-59-32-31-56-61(62(59)72-66(73)54-39-50(67(5,6)7)40-57(64(54)74)68(8,9)10)60-53-35-48(29-30-55(53)69(11,12)65(60)70(56,13)14)58-38-47(33-34-71-58)44-23-19-16-20-24-44;/h15-34,36-42,74H,1-14H3;/q-1;. The van der Waals surface area contributed by atoms with Crippen LogP contribution in [0.25, 0.3) is 78.3 Å². The molecule has 2 heterocycles. The molecule has 0 atom stereocenters. The van der Waals surface area contributed by atoms with Crippen LogP contribution in [0.2, 0.25) is 0 Å². The number of aromatic nitrogens is 3. The number of hydrogen-bond acceptors (Lipinski definition) is 3. The zero-order chi connectivity index (χ0) is 52.4. The molecule has 2 aliphatic rings. The molecule has 1 N–H and O–H groups in total. The molecule has 0 unspecified atom stereocenters. The van der Waals surface area contributed by atoms with Gasteiger partial charge in [0.2, 0.25) is 0 Å². The third kappa shape index (κ3) is 8.57. The Kier molecular flexibility index (Phi) is 12.9. The van der Waals surface area contributed by atoms with Gasteiger partial charge in [0, 0.05) is 43.9 Å². The van der Waals surface area contributed by atoms with Gasteiger partial charge in [0.1, 0.15) is 11.6 Å². The molecular weight excluding hydrogens is 1090 g/mol. The first-order valence-electron chi connectivity index (χ1n) is 26.7. The quantitative estimate of drug-likeness (QED) is 0.154. The van der Waals surface area contributed by atoms with E-state index >= 15 is 0 Å². The summed E-state index contributed by atoms with van der Waals surface area (Å²) in [7, 11) is 0. The van der Waals surface area contributed by atoms with Gasteiger partial charge >= 0.3 is 0 Å². The van der Waals surface area contributed by atoms with Crippen LogP contribution in [0.1, 0.15) is 153 Å². The van der Waals surface area contributed by atoms with Gasteiger partial charge in [0.05, 0.1) is 22.3 Å². The maximum atomic E-state index is 12.9. The van der Waals surface area contributed by atoms with Crippen molar-refractivity contribution in [2.24, 2.45) is 0 Å². The molecule has 9 aromatic rings. The van der Waals surface area contributed by atoms with E-state index in [0.29, 0.717) is 0 Å². The second kappa shape index (κ2) is 18.6. The van der Waals surface area contributed by atoms with Crippen LogP contribution in [0.4, 0.5) is 0 Å². The Morgan fingerprint density at radius 1 is 0.573 bits per heavy atom. The number of nitrogens with zero attached hydrogens (tertiary/aromatic N) is 3. The zero-order valence-corrected chi connectivity index (χ0v) is 48.5. The Morgan fingerprint density at radius 2 is 1.12 bits per heavy atom. The summed E-state index contributed by atoms with van der Waals surface area (Å²) in [5.74, 6) is 1.34. The summed E-state index contributed by atoms with van der Waals surface area (Å²) < 4.78 is 2.43. The first-order chi connectivity index (χ1) is 35.0. The molecule has 2 aliphatic carbocycles. The molecule has 0 amide bonds. The SMILES string of the molecule is CC(C)c1cc(-c2ccc(-c3ccccc3)cc2)cc(C(C)C)c1-n1c(-c2cc(C(C)(C)C)cc(C(C)(C)C)c2O)nc2c3c(ccc21)C(C)(C)C1=C3c2[c-]c(-c3cc(-c4ccccc4)ccn3)ccc2C1(C)C.[Pt]. The fourth-order valence-electron chi connectivity index (χ4n) is 12.4. The third-order valence-electron chi connectivity index (χ3n) is 16.2. The molecule has 0 saturated heterocycles. The largest absolute Gasteiger partial charge is 0.507 e.